The predicted octanol–water partition coefficient (Wildman–Crippen LogP) is 4.93. The van der Waals surface area contributed by atoms with Gasteiger partial charge in [0.05, 0.1) is 27.1 Å². The van der Waals surface area contributed by atoms with Crippen LogP contribution in [0.3, 0.4) is 0 Å². The highest BCUT2D eigenvalue weighted by molar-refractivity contribution is 9.10. The Balaban J connectivity index is 1.94. The minimum absolute atomic E-state index is 0.0381. The monoisotopic (exact) mass is 491 g/mol. The van der Waals surface area contributed by atoms with Gasteiger partial charge in [-0.05, 0) is 54.1 Å². The van der Waals surface area contributed by atoms with Gasteiger partial charge in [-0.25, -0.2) is 9.78 Å². The fourth-order valence-electron chi connectivity index (χ4n) is 3.25. The summed E-state index contributed by atoms with van der Waals surface area (Å²) in [5.41, 5.74) is 0.772. The molecule has 158 valence electrons. The van der Waals surface area contributed by atoms with Gasteiger partial charge in [0.2, 0.25) is 0 Å². The number of non-ortho nitro benzene ring substituents is 1. The molecule has 0 aliphatic rings. The van der Waals surface area contributed by atoms with Crippen LogP contribution in [-0.2, 0) is 0 Å². The second-order valence-corrected chi connectivity index (χ2v) is 7.69. The molecule has 0 aliphatic carbocycles. The van der Waals surface area contributed by atoms with Gasteiger partial charge in [0.1, 0.15) is 5.82 Å². The van der Waals surface area contributed by atoms with Crippen LogP contribution in [-0.4, -0.2) is 25.6 Å². The largest absolute Gasteiger partial charge is 0.478 e. The maximum Gasteiger partial charge on any atom is 0.337 e. The third kappa shape index (κ3) is 4.06. The van der Waals surface area contributed by atoms with Crippen molar-refractivity contribution in [3.63, 3.8) is 0 Å². The van der Waals surface area contributed by atoms with Crippen molar-refractivity contribution in [3.8, 4) is 5.69 Å². The standard InChI is InChI=1S/C23H14BrN3O5/c24-15-8-11-20(18(13-15)23(29)30)26-21(25-19-4-2-1-3-17(19)22(26)28)12-7-14-5-9-16(10-6-14)27(31)32/h1-13H,(H,29,30)/b12-7+. The van der Waals surface area contributed by atoms with E-state index in [0.717, 1.165) is 0 Å². The fourth-order valence-corrected chi connectivity index (χ4v) is 3.61. The van der Waals surface area contributed by atoms with E-state index in [0.29, 0.717) is 20.9 Å². The minimum Gasteiger partial charge on any atom is -0.478 e. The Kier molecular flexibility index (Phi) is 5.65. The SMILES string of the molecule is O=C(O)c1cc(Br)ccc1-n1c(/C=C/c2ccc([N+](=O)[O-])cc2)nc2ccccc2c1=O. The molecule has 4 rings (SSSR count). The molecule has 8 nitrogen and oxygen atoms in total. The number of carboxylic acids is 1. The average molecular weight is 492 g/mol. The number of fused-ring (bicyclic) bond motifs is 1. The second kappa shape index (κ2) is 8.56. The predicted molar refractivity (Wildman–Crippen MR) is 124 cm³/mol. The van der Waals surface area contributed by atoms with E-state index in [1.54, 1.807) is 54.6 Å². The van der Waals surface area contributed by atoms with Crippen molar-refractivity contribution >= 4 is 50.6 Å². The highest BCUT2D eigenvalue weighted by atomic mass is 79.9. The van der Waals surface area contributed by atoms with E-state index in [2.05, 4.69) is 20.9 Å². The van der Waals surface area contributed by atoms with Crippen molar-refractivity contribution in [1.29, 1.82) is 0 Å². The first-order valence-electron chi connectivity index (χ1n) is 9.33. The van der Waals surface area contributed by atoms with Crippen molar-refractivity contribution in [2.45, 2.75) is 0 Å². The summed E-state index contributed by atoms with van der Waals surface area (Å²) < 4.78 is 1.81. The molecule has 0 bridgehead atoms. The summed E-state index contributed by atoms with van der Waals surface area (Å²) in [5, 5.41) is 20.9. The van der Waals surface area contributed by atoms with Crippen molar-refractivity contribution < 1.29 is 14.8 Å². The number of hydrogen-bond acceptors (Lipinski definition) is 5. The number of nitro groups is 1. The summed E-state index contributed by atoms with van der Waals surface area (Å²) in [6.45, 7) is 0. The van der Waals surface area contributed by atoms with Crippen LogP contribution in [0.15, 0.2) is 76.0 Å². The number of rotatable bonds is 5. The number of aromatic nitrogens is 2. The van der Waals surface area contributed by atoms with Gasteiger partial charge in [0, 0.05) is 16.6 Å². The van der Waals surface area contributed by atoms with Gasteiger partial charge in [-0.2, -0.15) is 0 Å². The molecule has 0 saturated heterocycles. The Morgan fingerprint density at radius 3 is 2.47 bits per heavy atom. The Bertz CT molecular complexity index is 1460. The van der Waals surface area contributed by atoms with Crippen molar-refractivity contribution in [2.75, 3.05) is 0 Å². The van der Waals surface area contributed by atoms with E-state index < -0.39 is 16.5 Å². The first kappa shape index (κ1) is 21.1. The Morgan fingerprint density at radius 1 is 1.06 bits per heavy atom. The molecule has 32 heavy (non-hydrogen) atoms. The molecule has 0 atom stereocenters. The van der Waals surface area contributed by atoms with Gasteiger partial charge in [-0.1, -0.05) is 34.1 Å². The molecule has 1 N–H and O–H groups in total. The lowest BCUT2D eigenvalue weighted by molar-refractivity contribution is -0.384. The molecule has 0 saturated carbocycles. The average Bonchev–Trinajstić information content (AvgIpc) is 2.78. The number of para-hydroxylation sites is 1. The van der Waals surface area contributed by atoms with Crippen LogP contribution in [0.5, 0.6) is 0 Å². The molecule has 1 aromatic heterocycles. The lowest BCUT2D eigenvalue weighted by atomic mass is 10.1. The van der Waals surface area contributed by atoms with E-state index in [4.69, 9.17) is 0 Å². The van der Waals surface area contributed by atoms with E-state index >= 15 is 0 Å². The number of nitrogens with zero attached hydrogens (tertiary/aromatic N) is 3. The Hall–Kier alpha value is -4.11. The molecule has 9 heteroatoms. The van der Waals surface area contributed by atoms with Crippen LogP contribution < -0.4 is 5.56 Å². The summed E-state index contributed by atoms with van der Waals surface area (Å²) in [4.78, 5) is 40.1. The zero-order valence-corrected chi connectivity index (χ0v) is 17.9. The lowest BCUT2D eigenvalue weighted by Gasteiger charge is -2.14. The van der Waals surface area contributed by atoms with Crippen LogP contribution in [0, 0.1) is 10.1 Å². The molecule has 4 aromatic rings. The maximum atomic E-state index is 13.3. The summed E-state index contributed by atoms with van der Waals surface area (Å²) in [5.74, 6) is -0.969. The lowest BCUT2D eigenvalue weighted by Crippen LogP contribution is -2.24. The maximum absolute atomic E-state index is 13.3. The number of carboxylic acid groups (broad SMARTS) is 1. The Morgan fingerprint density at radius 2 is 1.78 bits per heavy atom. The smallest absolute Gasteiger partial charge is 0.337 e. The Labute approximate surface area is 189 Å². The number of nitro benzene ring substituents is 1. The van der Waals surface area contributed by atoms with E-state index in [1.165, 1.54) is 28.8 Å². The molecule has 0 fully saturated rings. The minimum atomic E-state index is -1.19. The first-order valence-corrected chi connectivity index (χ1v) is 10.1. The molecule has 0 aliphatic heterocycles. The van der Waals surface area contributed by atoms with Gasteiger partial charge >= 0.3 is 5.97 Å². The summed E-state index contributed by atoms with van der Waals surface area (Å²) >= 11 is 3.26. The third-order valence-corrected chi connectivity index (χ3v) is 5.25. The van der Waals surface area contributed by atoms with E-state index in [1.807, 2.05) is 0 Å². The molecule has 3 aromatic carbocycles. The molecule has 0 radical (unpaired) electrons. The topological polar surface area (TPSA) is 115 Å². The molecular formula is C23H14BrN3O5. The normalized spacial score (nSPS) is 11.2. The fraction of sp³-hybridized carbons (Fsp3) is 0. The highest BCUT2D eigenvalue weighted by Gasteiger charge is 2.18. The summed E-state index contributed by atoms with van der Waals surface area (Å²) in [7, 11) is 0. The van der Waals surface area contributed by atoms with Crippen LogP contribution >= 0.6 is 15.9 Å². The van der Waals surface area contributed by atoms with Crippen LogP contribution in [0.25, 0.3) is 28.7 Å². The van der Waals surface area contributed by atoms with Gasteiger partial charge in [0.15, 0.2) is 0 Å². The number of aromatic carboxylic acids is 1. The molecular weight excluding hydrogens is 478 g/mol. The molecule has 0 amide bonds. The van der Waals surface area contributed by atoms with E-state index in [-0.39, 0.29) is 22.8 Å². The highest BCUT2D eigenvalue weighted by Crippen LogP contribution is 2.23. The van der Waals surface area contributed by atoms with Crippen molar-refractivity contribution in [3.05, 3.63) is 109 Å². The van der Waals surface area contributed by atoms with Gasteiger partial charge < -0.3 is 5.11 Å². The zero-order chi connectivity index (χ0) is 22.8. The van der Waals surface area contributed by atoms with Crippen molar-refractivity contribution in [2.24, 2.45) is 0 Å². The van der Waals surface area contributed by atoms with Gasteiger partial charge in [-0.15, -0.1) is 0 Å². The number of hydrogen-bond donors (Lipinski definition) is 1. The zero-order valence-electron chi connectivity index (χ0n) is 16.3. The quantitative estimate of drug-likeness (QED) is 0.312. The molecule has 1 heterocycles. The first-order chi connectivity index (χ1) is 15.3. The second-order valence-electron chi connectivity index (χ2n) is 6.78. The van der Waals surface area contributed by atoms with Crippen LogP contribution in [0.2, 0.25) is 0 Å². The number of carbonyl (C=O) groups is 1. The summed E-state index contributed by atoms with van der Waals surface area (Å²) in [6.07, 6.45) is 3.22. The van der Waals surface area contributed by atoms with Crippen LogP contribution in [0.1, 0.15) is 21.7 Å². The summed E-state index contributed by atoms with van der Waals surface area (Å²) in [6, 6.07) is 17.3. The number of halogens is 1. The van der Waals surface area contributed by atoms with Crippen molar-refractivity contribution in [1.82, 2.24) is 9.55 Å². The molecule has 0 spiro atoms. The molecule has 0 unspecified atom stereocenters. The van der Waals surface area contributed by atoms with Gasteiger partial charge in [0.25, 0.3) is 11.2 Å². The van der Waals surface area contributed by atoms with E-state index in [9.17, 15) is 24.8 Å². The van der Waals surface area contributed by atoms with Crippen LogP contribution in [0.4, 0.5) is 5.69 Å². The number of benzene rings is 3. The third-order valence-electron chi connectivity index (χ3n) is 4.76. The van der Waals surface area contributed by atoms with Gasteiger partial charge in [-0.3, -0.25) is 19.5 Å².